The molecular weight excluding hydrogens is 300 g/mol. The van der Waals surface area contributed by atoms with Crippen molar-refractivity contribution >= 4 is 10.9 Å². The first kappa shape index (κ1) is 16.4. The molecule has 0 saturated carbocycles. The van der Waals surface area contributed by atoms with Crippen LogP contribution in [0.5, 0.6) is 11.5 Å². The van der Waals surface area contributed by atoms with Gasteiger partial charge in [-0.3, -0.25) is 0 Å². The summed E-state index contributed by atoms with van der Waals surface area (Å²) in [5, 5.41) is 1.14. The van der Waals surface area contributed by atoms with Gasteiger partial charge in [-0.05, 0) is 50.3 Å². The van der Waals surface area contributed by atoms with Crippen molar-refractivity contribution in [2.24, 2.45) is 0 Å². The molecule has 3 rings (SSSR count). The third-order valence-electron chi connectivity index (χ3n) is 3.92. The smallest absolute Gasteiger partial charge is 0.238 e. The topological polar surface area (TPSA) is 37.5 Å². The standard InChI is InChI=1S/C20H24N2O2/c1-15(23-17-8-5-4-6-9-17)24-19-11-7-10-18-20(19)16(14-21-18)12-13-22(2)3/h4-11,14-15,21H,12-13H2,1-3H3. The monoisotopic (exact) mass is 324 g/mol. The molecule has 0 aliphatic heterocycles. The number of benzene rings is 2. The Kier molecular flexibility index (Phi) is 5.06. The van der Waals surface area contributed by atoms with Crippen LogP contribution >= 0.6 is 0 Å². The van der Waals surface area contributed by atoms with Crippen LogP contribution in [0, 0.1) is 0 Å². The van der Waals surface area contributed by atoms with Crippen LogP contribution in [0.4, 0.5) is 0 Å². The number of nitrogens with zero attached hydrogens (tertiary/aromatic N) is 1. The summed E-state index contributed by atoms with van der Waals surface area (Å²) in [6.45, 7) is 2.91. The average Bonchev–Trinajstić information content (AvgIpc) is 2.98. The van der Waals surface area contributed by atoms with Crippen LogP contribution in [0.2, 0.25) is 0 Å². The Balaban J connectivity index is 1.79. The summed E-state index contributed by atoms with van der Waals surface area (Å²) in [7, 11) is 4.17. The maximum absolute atomic E-state index is 6.08. The molecule has 0 fully saturated rings. The quantitative estimate of drug-likeness (QED) is 0.666. The Morgan fingerprint density at radius 2 is 1.79 bits per heavy atom. The second-order valence-corrected chi connectivity index (χ2v) is 6.16. The summed E-state index contributed by atoms with van der Waals surface area (Å²) in [4.78, 5) is 5.52. The third-order valence-corrected chi connectivity index (χ3v) is 3.92. The van der Waals surface area contributed by atoms with Crippen molar-refractivity contribution in [3.63, 3.8) is 0 Å². The number of hydrogen-bond donors (Lipinski definition) is 1. The van der Waals surface area contributed by atoms with Crippen LogP contribution < -0.4 is 9.47 Å². The molecule has 0 bridgehead atoms. The van der Waals surface area contributed by atoms with Gasteiger partial charge >= 0.3 is 0 Å². The summed E-state index contributed by atoms with van der Waals surface area (Å²) in [6, 6.07) is 15.8. The molecule has 4 heteroatoms. The van der Waals surface area contributed by atoms with E-state index in [1.807, 2.05) is 49.4 Å². The van der Waals surface area contributed by atoms with Crippen molar-refractivity contribution in [2.75, 3.05) is 20.6 Å². The molecule has 1 unspecified atom stereocenters. The van der Waals surface area contributed by atoms with Gasteiger partial charge in [0.2, 0.25) is 6.29 Å². The first-order valence-electron chi connectivity index (χ1n) is 8.25. The largest absolute Gasteiger partial charge is 0.455 e. The predicted octanol–water partition coefficient (Wildman–Crippen LogP) is 4.08. The van der Waals surface area contributed by atoms with E-state index in [0.717, 1.165) is 35.4 Å². The normalized spacial score (nSPS) is 12.5. The highest BCUT2D eigenvalue weighted by molar-refractivity contribution is 5.89. The molecule has 24 heavy (non-hydrogen) atoms. The Morgan fingerprint density at radius 3 is 2.54 bits per heavy atom. The molecule has 0 saturated heterocycles. The zero-order chi connectivity index (χ0) is 16.9. The van der Waals surface area contributed by atoms with E-state index in [4.69, 9.17) is 9.47 Å². The van der Waals surface area contributed by atoms with Gasteiger partial charge in [0, 0.05) is 30.6 Å². The summed E-state index contributed by atoms with van der Waals surface area (Å²) in [6.07, 6.45) is 2.68. The molecule has 0 amide bonds. The Bertz CT molecular complexity index is 781. The zero-order valence-electron chi connectivity index (χ0n) is 14.5. The highest BCUT2D eigenvalue weighted by Crippen LogP contribution is 2.30. The lowest BCUT2D eigenvalue weighted by Gasteiger charge is -2.18. The fraction of sp³-hybridized carbons (Fsp3) is 0.300. The Morgan fingerprint density at radius 1 is 1.00 bits per heavy atom. The summed E-state index contributed by atoms with van der Waals surface area (Å²) >= 11 is 0. The molecule has 1 heterocycles. The number of hydrogen-bond acceptors (Lipinski definition) is 3. The highest BCUT2D eigenvalue weighted by atomic mass is 16.7. The highest BCUT2D eigenvalue weighted by Gasteiger charge is 2.13. The number of aromatic amines is 1. The lowest BCUT2D eigenvalue weighted by molar-refractivity contribution is 0.0235. The molecule has 1 aromatic heterocycles. The van der Waals surface area contributed by atoms with Crippen LogP contribution in [-0.2, 0) is 6.42 Å². The minimum Gasteiger partial charge on any atom is -0.455 e. The van der Waals surface area contributed by atoms with E-state index in [2.05, 4.69) is 36.2 Å². The van der Waals surface area contributed by atoms with Crippen LogP contribution in [0.25, 0.3) is 10.9 Å². The van der Waals surface area contributed by atoms with Crippen molar-refractivity contribution in [3.8, 4) is 11.5 Å². The Hall–Kier alpha value is -2.46. The van der Waals surface area contributed by atoms with Crippen molar-refractivity contribution in [1.29, 1.82) is 0 Å². The number of aromatic nitrogens is 1. The van der Waals surface area contributed by atoms with E-state index < -0.39 is 0 Å². The maximum Gasteiger partial charge on any atom is 0.238 e. The van der Waals surface area contributed by atoms with Gasteiger partial charge in [0.15, 0.2) is 0 Å². The molecule has 0 spiro atoms. The van der Waals surface area contributed by atoms with Crippen LogP contribution in [0.3, 0.4) is 0 Å². The average molecular weight is 324 g/mol. The lowest BCUT2D eigenvalue weighted by Crippen LogP contribution is -2.20. The summed E-state index contributed by atoms with van der Waals surface area (Å²) in [5.74, 6) is 1.66. The number of nitrogens with one attached hydrogen (secondary N) is 1. The molecule has 0 aliphatic carbocycles. The summed E-state index contributed by atoms with van der Waals surface area (Å²) in [5.41, 5.74) is 2.36. The number of likely N-dealkylation sites (N-methyl/N-ethyl adjacent to an activating group) is 1. The van der Waals surface area contributed by atoms with Gasteiger partial charge in [-0.15, -0.1) is 0 Å². The van der Waals surface area contributed by atoms with Gasteiger partial charge in [0.1, 0.15) is 11.5 Å². The zero-order valence-corrected chi connectivity index (χ0v) is 14.5. The van der Waals surface area contributed by atoms with E-state index in [-0.39, 0.29) is 6.29 Å². The minimum atomic E-state index is -0.366. The predicted molar refractivity (Wildman–Crippen MR) is 97.7 cm³/mol. The summed E-state index contributed by atoms with van der Waals surface area (Å²) < 4.78 is 11.9. The van der Waals surface area contributed by atoms with E-state index in [1.165, 1.54) is 5.56 Å². The van der Waals surface area contributed by atoms with Gasteiger partial charge in [-0.2, -0.15) is 0 Å². The van der Waals surface area contributed by atoms with Crippen molar-refractivity contribution in [1.82, 2.24) is 9.88 Å². The number of H-pyrrole nitrogens is 1. The molecule has 4 nitrogen and oxygen atoms in total. The molecule has 2 aromatic carbocycles. The fourth-order valence-electron chi connectivity index (χ4n) is 2.75. The first-order chi connectivity index (χ1) is 11.6. The van der Waals surface area contributed by atoms with Crippen molar-refractivity contribution in [2.45, 2.75) is 19.6 Å². The van der Waals surface area contributed by atoms with Gasteiger partial charge < -0.3 is 19.4 Å². The SMILES string of the molecule is CC(Oc1ccccc1)Oc1cccc2[nH]cc(CCN(C)C)c12. The van der Waals surface area contributed by atoms with Gasteiger partial charge in [-0.1, -0.05) is 24.3 Å². The number of ether oxygens (including phenoxy) is 2. The van der Waals surface area contributed by atoms with E-state index >= 15 is 0 Å². The van der Waals surface area contributed by atoms with Crippen molar-refractivity contribution < 1.29 is 9.47 Å². The maximum atomic E-state index is 6.08. The van der Waals surface area contributed by atoms with Crippen molar-refractivity contribution in [3.05, 3.63) is 60.3 Å². The Labute approximate surface area is 143 Å². The number of fused-ring (bicyclic) bond motifs is 1. The van der Waals surface area contributed by atoms with Gasteiger partial charge in [0.25, 0.3) is 0 Å². The van der Waals surface area contributed by atoms with Gasteiger partial charge in [-0.25, -0.2) is 0 Å². The second-order valence-electron chi connectivity index (χ2n) is 6.16. The molecule has 0 radical (unpaired) electrons. The molecular formula is C20H24N2O2. The number of rotatable bonds is 7. The molecule has 0 aliphatic rings. The van der Waals surface area contributed by atoms with Crippen LogP contribution in [0.15, 0.2) is 54.7 Å². The lowest BCUT2D eigenvalue weighted by atomic mass is 10.1. The third kappa shape index (κ3) is 3.89. The van der Waals surface area contributed by atoms with E-state index in [9.17, 15) is 0 Å². The van der Waals surface area contributed by atoms with Crippen LogP contribution in [0.1, 0.15) is 12.5 Å². The molecule has 3 aromatic rings. The van der Waals surface area contributed by atoms with E-state index in [1.54, 1.807) is 0 Å². The fourth-order valence-corrected chi connectivity index (χ4v) is 2.75. The van der Waals surface area contributed by atoms with Crippen LogP contribution in [-0.4, -0.2) is 36.8 Å². The van der Waals surface area contributed by atoms with Gasteiger partial charge in [0.05, 0.1) is 0 Å². The minimum absolute atomic E-state index is 0.366. The second kappa shape index (κ2) is 7.41. The molecule has 1 atom stereocenters. The molecule has 126 valence electrons. The van der Waals surface area contributed by atoms with E-state index in [0.29, 0.717) is 0 Å². The molecule has 1 N–H and O–H groups in total. The first-order valence-corrected chi connectivity index (χ1v) is 8.25. The number of para-hydroxylation sites is 1.